The first-order valence-corrected chi connectivity index (χ1v) is 6.13. The van der Waals surface area contributed by atoms with Crippen LogP contribution in [0.25, 0.3) is 5.78 Å². The highest BCUT2D eigenvalue weighted by Crippen LogP contribution is 2.20. The van der Waals surface area contributed by atoms with E-state index in [9.17, 15) is 0 Å². The average Bonchev–Trinajstić information content (AvgIpc) is 2.76. The molecule has 0 unspecified atom stereocenters. The van der Waals surface area contributed by atoms with E-state index in [0.717, 1.165) is 12.4 Å². The zero-order valence-corrected chi connectivity index (χ0v) is 11.4. The fraction of sp³-hybridized carbons (Fsp3) is 0.545. The van der Waals surface area contributed by atoms with E-state index >= 15 is 0 Å². The van der Waals surface area contributed by atoms with E-state index in [2.05, 4.69) is 33.8 Å². The lowest BCUT2D eigenvalue weighted by Gasteiger charge is -2.28. The summed E-state index contributed by atoms with van der Waals surface area (Å²) in [6.07, 6.45) is 1.47. The normalized spacial score (nSPS) is 11.4. The number of hydrogen-bond acceptors (Lipinski definition) is 5. The van der Waals surface area contributed by atoms with Crippen molar-refractivity contribution in [1.29, 1.82) is 0 Å². The number of nitrogens with zero attached hydrogens (tertiary/aromatic N) is 5. The van der Waals surface area contributed by atoms with Crippen LogP contribution in [0.4, 0.5) is 5.82 Å². The Balaban J connectivity index is 2.45. The van der Waals surface area contributed by atoms with Gasteiger partial charge in [0, 0.05) is 25.8 Å². The van der Waals surface area contributed by atoms with Gasteiger partial charge in [-0.1, -0.05) is 11.6 Å². The highest BCUT2D eigenvalue weighted by atomic mass is 35.5. The largest absolute Gasteiger partial charge is 0.383 e. The van der Waals surface area contributed by atoms with Gasteiger partial charge >= 0.3 is 0 Å². The molecule has 0 saturated carbocycles. The first-order valence-electron chi connectivity index (χ1n) is 5.75. The van der Waals surface area contributed by atoms with E-state index in [-0.39, 0.29) is 0 Å². The summed E-state index contributed by atoms with van der Waals surface area (Å²) in [7, 11) is 1.68. The van der Waals surface area contributed by atoms with E-state index in [1.807, 2.05) is 0 Å². The van der Waals surface area contributed by atoms with Gasteiger partial charge in [0.1, 0.15) is 17.3 Å². The lowest BCUT2D eigenvalue weighted by molar-refractivity contribution is 0.203. The van der Waals surface area contributed by atoms with Crippen molar-refractivity contribution in [3.63, 3.8) is 0 Å². The monoisotopic (exact) mass is 269 g/mol. The Labute approximate surface area is 111 Å². The van der Waals surface area contributed by atoms with Crippen LogP contribution in [0.5, 0.6) is 0 Å². The molecule has 0 spiro atoms. The standard InChI is InChI=1S/C11H16ClN5O/c1-8(2)16(4-5-18-3)10-6-9(12)15-11-13-7-14-17(10)11/h6-8H,4-5H2,1-3H3. The van der Waals surface area contributed by atoms with Gasteiger partial charge in [-0.15, -0.1) is 0 Å². The molecule has 2 rings (SSSR count). The summed E-state index contributed by atoms with van der Waals surface area (Å²) >= 11 is 6.01. The minimum atomic E-state index is 0.297. The van der Waals surface area contributed by atoms with Crippen molar-refractivity contribution < 1.29 is 4.74 Å². The van der Waals surface area contributed by atoms with Crippen LogP contribution >= 0.6 is 11.6 Å². The van der Waals surface area contributed by atoms with Gasteiger partial charge in [0.15, 0.2) is 0 Å². The van der Waals surface area contributed by atoms with Crippen LogP contribution in [0.15, 0.2) is 12.4 Å². The van der Waals surface area contributed by atoms with Gasteiger partial charge in [0.05, 0.1) is 6.61 Å². The quantitative estimate of drug-likeness (QED) is 0.773. The van der Waals surface area contributed by atoms with E-state index in [0.29, 0.717) is 23.6 Å². The smallest absolute Gasteiger partial charge is 0.255 e. The maximum Gasteiger partial charge on any atom is 0.255 e. The van der Waals surface area contributed by atoms with Gasteiger partial charge in [-0.3, -0.25) is 0 Å². The zero-order chi connectivity index (χ0) is 13.1. The fourth-order valence-electron chi connectivity index (χ4n) is 1.80. The number of halogens is 1. The zero-order valence-electron chi connectivity index (χ0n) is 10.7. The molecule has 98 valence electrons. The predicted molar refractivity (Wildman–Crippen MR) is 70.2 cm³/mol. The molecule has 18 heavy (non-hydrogen) atoms. The molecular formula is C11H16ClN5O. The number of anilines is 1. The Kier molecular flexibility index (Phi) is 3.98. The SMILES string of the molecule is COCCN(c1cc(Cl)nc2ncnn12)C(C)C. The van der Waals surface area contributed by atoms with Crippen LogP contribution in [-0.4, -0.2) is 45.9 Å². The van der Waals surface area contributed by atoms with Crippen LogP contribution in [-0.2, 0) is 4.74 Å². The molecule has 0 fully saturated rings. The number of fused-ring (bicyclic) bond motifs is 1. The van der Waals surface area contributed by atoms with Crippen LogP contribution in [0, 0.1) is 0 Å². The van der Waals surface area contributed by atoms with Crippen molar-refractivity contribution in [1.82, 2.24) is 19.6 Å². The van der Waals surface area contributed by atoms with Crippen LogP contribution in [0.1, 0.15) is 13.8 Å². The van der Waals surface area contributed by atoms with E-state index in [1.54, 1.807) is 17.7 Å². The highest BCUT2D eigenvalue weighted by Gasteiger charge is 2.16. The van der Waals surface area contributed by atoms with Crippen LogP contribution in [0.2, 0.25) is 5.15 Å². The van der Waals surface area contributed by atoms with Crippen molar-refractivity contribution >= 4 is 23.2 Å². The summed E-state index contributed by atoms with van der Waals surface area (Å²) in [5, 5.41) is 4.58. The molecular weight excluding hydrogens is 254 g/mol. The number of methoxy groups -OCH3 is 1. The third-order valence-electron chi connectivity index (χ3n) is 2.66. The Morgan fingerprint density at radius 2 is 2.28 bits per heavy atom. The summed E-state index contributed by atoms with van der Waals surface area (Å²) in [4.78, 5) is 10.3. The molecule has 0 amide bonds. The molecule has 0 bridgehead atoms. The Bertz CT molecular complexity index is 527. The fourth-order valence-corrected chi connectivity index (χ4v) is 1.97. The van der Waals surface area contributed by atoms with Gasteiger partial charge in [-0.2, -0.15) is 19.6 Å². The Hall–Kier alpha value is -1.40. The third-order valence-corrected chi connectivity index (χ3v) is 2.85. The van der Waals surface area contributed by atoms with Gasteiger partial charge in [0.25, 0.3) is 5.78 Å². The first kappa shape index (κ1) is 13.0. The molecule has 0 N–H and O–H groups in total. The lowest BCUT2D eigenvalue weighted by atomic mass is 10.3. The molecule has 2 aromatic rings. The van der Waals surface area contributed by atoms with E-state index in [4.69, 9.17) is 16.3 Å². The summed E-state index contributed by atoms with van der Waals surface area (Å²) < 4.78 is 6.81. The summed E-state index contributed by atoms with van der Waals surface area (Å²) in [5.41, 5.74) is 0. The number of aromatic nitrogens is 4. The summed E-state index contributed by atoms with van der Waals surface area (Å²) in [5.74, 6) is 1.37. The Morgan fingerprint density at radius 1 is 1.50 bits per heavy atom. The molecule has 6 nitrogen and oxygen atoms in total. The van der Waals surface area contributed by atoms with E-state index < -0.39 is 0 Å². The Morgan fingerprint density at radius 3 is 2.94 bits per heavy atom. The molecule has 0 aliphatic rings. The van der Waals surface area contributed by atoms with Crippen molar-refractivity contribution in [3.8, 4) is 0 Å². The van der Waals surface area contributed by atoms with Gasteiger partial charge in [-0.25, -0.2) is 0 Å². The van der Waals surface area contributed by atoms with Crippen molar-refractivity contribution in [2.24, 2.45) is 0 Å². The second-order valence-electron chi connectivity index (χ2n) is 4.19. The average molecular weight is 270 g/mol. The first-order chi connectivity index (χ1) is 8.63. The topological polar surface area (TPSA) is 55.5 Å². The maximum absolute atomic E-state index is 6.01. The van der Waals surface area contributed by atoms with Crippen LogP contribution in [0.3, 0.4) is 0 Å². The molecule has 0 atom stereocenters. The molecule has 0 aromatic carbocycles. The molecule has 2 aromatic heterocycles. The molecule has 0 saturated heterocycles. The van der Waals surface area contributed by atoms with Crippen molar-refractivity contribution in [3.05, 3.63) is 17.5 Å². The van der Waals surface area contributed by atoms with Gasteiger partial charge in [-0.05, 0) is 13.8 Å². The van der Waals surface area contributed by atoms with E-state index in [1.165, 1.54) is 6.33 Å². The summed E-state index contributed by atoms with van der Waals surface area (Å²) in [6.45, 7) is 5.59. The molecule has 7 heteroatoms. The summed E-state index contributed by atoms with van der Waals surface area (Å²) in [6, 6.07) is 2.09. The number of hydrogen-bond donors (Lipinski definition) is 0. The molecule has 2 heterocycles. The minimum absolute atomic E-state index is 0.297. The molecule has 0 radical (unpaired) electrons. The second-order valence-corrected chi connectivity index (χ2v) is 4.58. The second kappa shape index (κ2) is 5.49. The lowest BCUT2D eigenvalue weighted by Crippen LogP contribution is -2.35. The maximum atomic E-state index is 6.01. The van der Waals surface area contributed by atoms with Crippen LogP contribution < -0.4 is 4.90 Å². The molecule has 0 aliphatic carbocycles. The highest BCUT2D eigenvalue weighted by molar-refractivity contribution is 6.29. The molecule has 0 aliphatic heterocycles. The number of ether oxygens (including phenoxy) is 1. The predicted octanol–water partition coefficient (Wildman–Crippen LogP) is 1.64. The van der Waals surface area contributed by atoms with Gasteiger partial charge < -0.3 is 9.64 Å². The van der Waals surface area contributed by atoms with Crippen molar-refractivity contribution in [2.45, 2.75) is 19.9 Å². The third kappa shape index (κ3) is 2.54. The van der Waals surface area contributed by atoms with Crippen molar-refractivity contribution in [2.75, 3.05) is 25.2 Å². The minimum Gasteiger partial charge on any atom is -0.383 e. The van der Waals surface area contributed by atoms with Gasteiger partial charge in [0.2, 0.25) is 0 Å². The number of rotatable bonds is 5.